The van der Waals surface area contributed by atoms with Crippen LogP contribution < -0.4 is 0 Å². The fourth-order valence-electron chi connectivity index (χ4n) is 3.29. The predicted octanol–water partition coefficient (Wildman–Crippen LogP) is 1.96. The van der Waals surface area contributed by atoms with Gasteiger partial charge in [-0.2, -0.15) is 0 Å². The number of aliphatic carboxylic acids is 1. The van der Waals surface area contributed by atoms with Crippen molar-refractivity contribution in [1.29, 1.82) is 0 Å². The van der Waals surface area contributed by atoms with Gasteiger partial charge in [0.25, 0.3) is 0 Å². The molecule has 0 aromatic heterocycles. The summed E-state index contributed by atoms with van der Waals surface area (Å²) < 4.78 is 41.6. The third kappa shape index (κ3) is 4.43. The standard InChI is InChI=1S/C18H24O7S/c19-18(20)17(25-14-5-9-23-10-6-14)13-1-3-15(4-2-13)26(21,22)16-7-11-24-12-8-16/h1-4,14,16-17H,5-12H2,(H,19,20). The number of hydrogen-bond donors (Lipinski definition) is 1. The molecule has 8 heteroatoms. The molecule has 1 N–H and O–H groups in total. The molecular formula is C18H24O7S. The fraction of sp³-hybridized carbons (Fsp3) is 0.611. The van der Waals surface area contributed by atoms with Crippen molar-refractivity contribution in [2.24, 2.45) is 0 Å². The second-order valence-corrected chi connectivity index (χ2v) is 8.82. The van der Waals surface area contributed by atoms with Crippen LogP contribution >= 0.6 is 0 Å². The number of carboxylic acids is 1. The van der Waals surface area contributed by atoms with Gasteiger partial charge in [0.15, 0.2) is 15.9 Å². The molecule has 0 amide bonds. The molecule has 0 saturated carbocycles. The molecule has 0 radical (unpaired) electrons. The molecule has 144 valence electrons. The van der Waals surface area contributed by atoms with Gasteiger partial charge in [0.1, 0.15) is 0 Å². The summed E-state index contributed by atoms with van der Waals surface area (Å²) in [6, 6.07) is 6.02. The van der Waals surface area contributed by atoms with Gasteiger partial charge in [0.05, 0.1) is 16.2 Å². The van der Waals surface area contributed by atoms with Crippen molar-refractivity contribution in [3.8, 4) is 0 Å². The van der Waals surface area contributed by atoms with Crippen molar-refractivity contribution in [3.63, 3.8) is 0 Å². The Hall–Kier alpha value is -1.48. The van der Waals surface area contributed by atoms with Crippen molar-refractivity contribution < 1.29 is 32.5 Å². The maximum absolute atomic E-state index is 12.7. The molecule has 1 unspecified atom stereocenters. The second-order valence-electron chi connectivity index (χ2n) is 6.59. The third-order valence-corrected chi connectivity index (χ3v) is 7.12. The number of ether oxygens (including phenoxy) is 3. The van der Waals surface area contributed by atoms with Gasteiger partial charge in [0.2, 0.25) is 0 Å². The topological polar surface area (TPSA) is 99.1 Å². The molecule has 2 aliphatic rings. The normalized spacial score (nSPS) is 21.4. The molecule has 2 heterocycles. The number of benzene rings is 1. The Bertz CT molecular complexity index is 702. The van der Waals surface area contributed by atoms with Gasteiger partial charge < -0.3 is 19.3 Å². The quantitative estimate of drug-likeness (QED) is 0.800. The van der Waals surface area contributed by atoms with Crippen LogP contribution in [0.5, 0.6) is 0 Å². The van der Waals surface area contributed by atoms with E-state index in [2.05, 4.69) is 0 Å². The van der Waals surface area contributed by atoms with Gasteiger partial charge in [-0.3, -0.25) is 0 Å². The average molecular weight is 384 g/mol. The number of rotatable bonds is 6. The highest BCUT2D eigenvalue weighted by atomic mass is 32.2. The van der Waals surface area contributed by atoms with E-state index in [0.717, 1.165) is 0 Å². The van der Waals surface area contributed by atoms with Crippen LogP contribution in [0.25, 0.3) is 0 Å². The lowest BCUT2D eigenvalue weighted by molar-refractivity contribution is -0.158. The maximum Gasteiger partial charge on any atom is 0.337 e. The van der Waals surface area contributed by atoms with Crippen molar-refractivity contribution in [2.75, 3.05) is 26.4 Å². The molecule has 7 nitrogen and oxygen atoms in total. The SMILES string of the molecule is O=C(O)C(OC1CCOCC1)c1ccc(S(=O)(=O)C2CCOCC2)cc1. The number of sulfone groups is 1. The van der Waals surface area contributed by atoms with E-state index in [1.807, 2.05) is 0 Å². The Kier molecular flexibility index (Phi) is 6.29. The van der Waals surface area contributed by atoms with Crippen molar-refractivity contribution in [3.05, 3.63) is 29.8 Å². The minimum absolute atomic E-state index is 0.171. The monoisotopic (exact) mass is 384 g/mol. The summed E-state index contributed by atoms with van der Waals surface area (Å²) >= 11 is 0. The molecule has 26 heavy (non-hydrogen) atoms. The summed E-state index contributed by atoms with van der Waals surface area (Å²) in [5.41, 5.74) is 0.440. The zero-order valence-electron chi connectivity index (χ0n) is 14.5. The minimum Gasteiger partial charge on any atom is -0.479 e. The molecule has 2 saturated heterocycles. The van der Waals surface area contributed by atoms with E-state index in [-0.39, 0.29) is 11.0 Å². The van der Waals surface area contributed by atoms with Gasteiger partial charge in [-0.05, 0) is 43.4 Å². The summed E-state index contributed by atoms with van der Waals surface area (Å²) in [5.74, 6) is -1.09. The van der Waals surface area contributed by atoms with E-state index in [1.165, 1.54) is 24.3 Å². The first-order valence-corrected chi connectivity index (χ1v) is 10.4. The van der Waals surface area contributed by atoms with Crippen molar-refractivity contribution in [1.82, 2.24) is 0 Å². The van der Waals surface area contributed by atoms with Gasteiger partial charge in [0, 0.05) is 26.4 Å². The van der Waals surface area contributed by atoms with Gasteiger partial charge in [-0.25, -0.2) is 13.2 Å². The molecule has 2 fully saturated rings. The van der Waals surface area contributed by atoms with Crippen LogP contribution in [0.3, 0.4) is 0 Å². The fourth-order valence-corrected chi connectivity index (χ4v) is 5.01. The first-order valence-electron chi connectivity index (χ1n) is 8.86. The molecule has 1 atom stereocenters. The Balaban J connectivity index is 1.74. The molecule has 3 rings (SSSR count). The largest absolute Gasteiger partial charge is 0.479 e. The van der Waals surface area contributed by atoms with Gasteiger partial charge >= 0.3 is 5.97 Å². The predicted molar refractivity (Wildman–Crippen MR) is 92.8 cm³/mol. The smallest absolute Gasteiger partial charge is 0.337 e. The van der Waals surface area contributed by atoms with Crippen molar-refractivity contribution in [2.45, 2.75) is 48.0 Å². The van der Waals surface area contributed by atoms with E-state index >= 15 is 0 Å². The van der Waals surface area contributed by atoms with E-state index in [0.29, 0.717) is 57.7 Å². The zero-order valence-corrected chi connectivity index (χ0v) is 15.3. The highest BCUT2D eigenvalue weighted by Crippen LogP contribution is 2.27. The van der Waals surface area contributed by atoms with Crippen LogP contribution in [0, 0.1) is 0 Å². The Morgan fingerprint density at radius 2 is 1.54 bits per heavy atom. The van der Waals surface area contributed by atoms with Gasteiger partial charge in [-0.1, -0.05) is 12.1 Å². The van der Waals surface area contributed by atoms with E-state index < -0.39 is 27.2 Å². The molecule has 1 aromatic rings. The molecule has 0 aliphatic carbocycles. The van der Waals surface area contributed by atoms with E-state index in [1.54, 1.807) is 0 Å². The zero-order chi connectivity index (χ0) is 18.6. The van der Waals surface area contributed by atoms with Crippen LogP contribution in [-0.4, -0.2) is 57.3 Å². The summed E-state index contributed by atoms with van der Waals surface area (Å²) in [6.45, 7) is 2.00. The second kappa shape index (κ2) is 8.47. The van der Waals surface area contributed by atoms with Gasteiger partial charge in [-0.15, -0.1) is 0 Å². The minimum atomic E-state index is -3.44. The summed E-state index contributed by atoms with van der Waals surface area (Å²) in [5, 5.41) is 9.05. The summed E-state index contributed by atoms with van der Waals surface area (Å²) in [6.07, 6.45) is 0.983. The number of carbonyl (C=O) groups is 1. The highest BCUT2D eigenvalue weighted by molar-refractivity contribution is 7.92. The number of carboxylic acid groups (broad SMARTS) is 1. The molecular weight excluding hydrogens is 360 g/mol. The lowest BCUT2D eigenvalue weighted by Gasteiger charge is -2.26. The lowest BCUT2D eigenvalue weighted by Crippen LogP contribution is -2.29. The molecule has 0 bridgehead atoms. The first-order chi connectivity index (χ1) is 12.5. The van der Waals surface area contributed by atoms with Crippen LogP contribution in [-0.2, 0) is 28.8 Å². The summed E-state index contributed by atoms with van der Waals surface area (Å²) in [4.78, 5) is 11.8. The average Bonchev–Trinajstić information content (AvgIpc) is 2.67. The van der Waals surface area contributed by atoms with E-state index in [9.17, 15) is 18.3 Å². The number of hydrogen-bond acceptors (Lipinski definition) is 6. The molecule has 0 spiro atoms. The first kappa shape index (κ1) is 19.3. The lowest BCUT2D eigenvalue weighted by atomic mass is 10.1. The van der Waals surface area contributed by atoms with Crippen LogP contribution in [0.4, 0.5) is 0 Å². The van der Waals surface area contributed by atoms with Crippen LogP contribution in [0.2, 0.25) is 0 Å². The summed E-state index contributed by atoms with van der Waals surface area (Å²) in [7, 11) is -3.44. The maximum atomic E-state index is 12.7. The van der Waals surface area contributed by atoms with Crippen LogP contribution in [0.15, 0.2) is 29.2 Å². The van der Waals surface area contributed by atoms with E-state index in [4.69, 9.17) is 14.2 Å². The Labute approximate surface area is 153 Å². The molecule has 1 aromatic carbocycles. The highest BCUT2D eigenvalue weighted by Gasteiger charge is 2.30. The van der Waals surface area contributed by atoms with Crippen molar-refractivity contribution >= 4 is 15.8 Å². The third-order valence-electron chi connectivity index (χ3n) is 4.84. The molecule has 2 aliphatic heterocycles. The Morgan fingerprint density at radius 3 is 2.08 bits per heavy atom. The van der Waals surface area contributed by atoms with Crippen LogP contribution in [0.1, 0.15) is 37.4 Å². The Morgan fingerprint density at radius 1 is 1.00 bits per heavy atom.